The second-order valence-corrected chi connectivity index (χ2v) is 4.53. The molecule has 1 heterocycles. The van der Waals surface area contributed by atoms with Gasteiger partial charge in [0.25, 0.3) is 0 Å². The van der Waals surface area contributed by atoms with Crippen LogP contribution in [0, 0.1) is 0 Å². The van der Waals surface area contributed by atoms with Crippen molar-refractivity contribution in [1.29, 1.82) is 0 Å². The number of halogens is 2. The summed E-state index contributed by atoms with van der Waals surface area (Å²) in [6.45, 7) is 3.48. The van der Waals surface area contributed by atoms with E-state index in [0.29, 0.717) is 16.6 Å². The predicted octanol–water partition coefficient (Wildman–Crippen LogP) is 3.47. The zero-order valence-corrected chi connectivity index (χ0v) is 10.6. The molecule has 0 aliphatic carbocycles. The van der Waals surface area contributed by atoms with Crippen LogP contribution >= 0.6 is 23.2 Å². The fourth-order valence-corrected chi connectivity index (χ4v) is 2.43. The van der Waals surface area contributed by atoms with Crippen molar-refractivity contribution in [3.8, 4) is 0 Å². The minimum absolute atomic E-state index is 0.591. The Morgan fingerprint density at radius 2 is 2.06 bits per heavy atom. The average molecular weight is 257 g/mol. The largest absolute Gasteiger partial charge is 0.345 e. The zero-order chi connectivity index (χ0) is 11.7. The lowest BCUT2D eigenvalue weighted by Crippen LogP contribution is -2.08. The summed E-state index contributed by atoms with van der Waals surface area (Å²) < 4.78 is 2.09. The van der Waals surface area contributed by atoms with Gasteiger partial charge in [-0.3, -0.25) is 0 Å². The monoisotopic (exact) mass is 256 g/mol. The van der Waals surface area contributed by atoms with Gasteiger partial charge in [0.05, 0.1) is 15.6 Å². The number of aryl methyl sites for hydroxylation is 1. The summed E-state index contributed by atoms with van der Waals surface area (Å²) in [7, 11) is 0. The first-order chi connectivity index (χ1) is 7.69. The topological polar surface area (TPSA) is 30.9 Å². The first-order valence-corrected chi connectivity index (χ1v) is 6.10. The van der Waals surface area contributed by atoms with Gasteiger partial charge in [-0.25, -0.2) is 0 Å². The van der Waals surface area contributed by atoms with Crippen LogP contribution in [0.2, 0.25) is 10.0 Å². The van der Waals surface area contributed by atoms with Gasteiger partial charge in [0, 0.05) is 24.7 Å². The van der Waals surface area contributed by atoms with Crippen molar-refractivity contribution in [2.75, 3.05) is 6.54 Å². The molecule has 0 aliphatic heterocycles. The van der Waals surface area contributed by atoms with E-state index in [9.17, 15) is 0 Å². The van der Waals surface area contributed by atoms with Crippen molar-refractivity contribution in [1.82, 2.24) is 4.57 Å². The highest BCUT2D eigenvalue weighted by molar-refractivity contribution is 6.45. The Morgan fingerprint density at radius 1 is 1.31 bits per heavy atom. The Labute approximate surface area is 105 Å². The minimum atomic E-state index is 0.591. The van der Waals surface area contributed by atoms with E-state index in [1.54, 1.807) is 0 Å². The van der Waals surface area contributed by atoms with Crippen molar-refractivity contribution in [2.45, 2.75) is 19.9 Å². The van der Waals surface area contributed by atoms with Crippen molar-refractivity contribution in [3.63, 3.8) is 0 Å². The Hall–Kier alpha value is -0.700. The van der Waals surface area contributed by atoms with Crippen molar-refractivity contribution >= 4 is 34.1 Å². The fourth-order valence-electron chi connectivity index (χ4n) is 2.00. The molecule has 0 spiro atoms. The Bertz CT molecular complexity index is 517. The van der Waals surface area contributed by atoms with Crippen LogP contribution in [0.25, 0.3) is 10.9 Å². The van der Waals surface area contributed by atoms with Crippen LogP contribution in [0.5, 0.6) is 0 Å². The molecule has 0 bridgehead atoms. The second-order valence-electron chi connectivity index (χ2n) is 3.75. The molecule has 0 aliphatic rings. The number of hydrogen-bond acceptors (Lipinski definition) is 1. The van der Waals surface area contributed by atoms with Crippen LogP contribution < -0.4 is 5.73 Å². The lowest BCUT2D eigenvalue weighted by atomic mass is 10.1. The van der Waals surface area contributed by atoms with Gasteiger partial charge in [-0.05, 0) is 18.1 Å². The molecule has 86 valence electrons. The molecule has 2 nitrogen and oxygen atoms in total. The zero-order valence-electron chi connectivity index (χ0n) is 9.13. The molecule has 2 aromatic rings. The highest BCUT2D eigenvalue weighted by Crippen LogP contribution is 2.33. The number of rotatable bonds is 3. The lowest BCUT2D eigenvalue weighted by molar-refractivity contribution is 0.732. The molecule has 0 unspecified atom stereocenters. The lowest BCUT2D eigenvalue weighted by Gasteiger charge is -2.05. The summed E-state index contributed by atoms with van der Waals surface area (Å²) in [4.78, 5) is 0. The summed E-state index contributed by atoms with van der Waals surface area (Å²) >= 11 is 12.3. The molecule has 0 saturated heterocycles. The maximum atomic E-state index is 6.24. The standard InChI is InChI=1S/C12H14Cl2N2/c1-2-8-7-16(6-5-15)12-9(8)3-4-10(13)11(12)14/h3-4,7H,2,5-6,15H2,1H3. The Kier molecular flexibility index (Phi) is 3.43. The molecular formula is C12H14Cl2N2. The van der Waals surface area contributed by atoms with Gasteiger partial charge >= 0.3 is 0 Å². The molecule has 0 saturated carbocycles. The molecule has 1 aromatic carbocycles. The van der Waals surface area contributed by atoms with Crippen LogP contribution in [0.3, 0.4) is 0 Å². The molecule has 2 rings (SSSR count). The van der Waals surface area contributed by atoms with Gasteiger partial charge in [-0.1, -0.05) is 36.2 Å². The van der Waals surface area contributed by atoms with Gasteiger partial charge < -0.3 is 10.3 Å². The molecule has 4 heteroatoms. The van der Waals surface area contributed by atoms with E-state index in [-0.39, 0.29) is 0 Å². The number of benzene rings is 1. The van der Waals surface area contributed by atoms with Gasteiger partial charge in [0.2, 0.25) is 0 Å². The SMILES string of the molecule is CCc1cn(CCN)c2c(Cl)c(Cl)ccc12. The molecule has 0 radical (unpaired) electrons. The first-order valence-electron chi connectivity index (χ1n) is 5.34. The molecule has 0 fully saturated rings. The van der Waals surface area contributed by atoms with Gasteiger partial charge in [0.1, 0.15) is 0 Å². The predicted molar refractivity (Wildman–Crippen MR) is 70.4 cm³/mol. The van der Waals surface area contributed by atoms with E-state index < -0.39 is 0 Å². The van der Waals surface area contributed by atoms with Crippen LogP contribution in [-0.4, -0.2) is 11.1 Å². The highest BCUT2D eigenvalue weighted by Gasteiger charge is 2.12. The van der Waals surface area contributed by atoms with E-state index in [0.717, 1.165) is 18.5 Å². The molecule has 0 amide bonds. The van der Waals surface area contributed by atoms with E-state index >= 15 is 0 Å². The van der Waals surface area contributed by atoms with E-state index in [1.165, 1.54) is 10.9 Å². The van der Waals surface area contributed by atoms with E-state index in [2.05, 4.69) is 17.7 Å². The maximum absolute atomic E-state index is 6.24. The van der Waals surface area contributed by atoms with Gasteiger partial charge in [-0.15, -0.1) is 0 Å². The van der Waals surface area contributed by atoms with Crippen molar-refractivity contribution in [3.05, 3.63) is 33.9 Å². The first kappa shape index (κ1) is 11.8. The highest BCUT2D eigenvalue weighted by atomic mass is 35.5. The number of aromatic nitrogens is 1. The summed E-state index contributed by atoms with van der Waals surface area (Å²) in [5, 5.41) is 2.38. The molecular weight excluding hydrogens is 243 g/mol. The summed E-state index contributed by atoms with van der Waals surface area (Å²) in [6.07, 6.45) is 3.09. The number of hydrogen-bond donors (Lipinski definition) is 1. The third kappa shape index (κ3) is 1.81. The van der Waals surface area contributed by atoms with Crippen molar-refractivity contribution in [2.24, 2.45) is 5.73 Å². The third-order valence-corrected chi connectivity index (χ3v) is 3.56. The van der Waals surface area contributed by atoms with Crippen LogP contribution in [-0.2, 0) is 13.0 Å². The van der Waals surface area contributed by atoms with Crippen LogP contribution in [0.1, 0.15) is 12.5 Å². The maximum Gasteiger partial charge on any atom is 0.0835 e. The average Bonchev–Trinajstić information content (AvgIpc) is 2.63. The van der Waals surface area contributed by atoms with Gasteiger partial charge in [0.15, 0.2) is 0 Å². The van der Waals surface area contributed by atoms with E-state index in [1.807, 2.05) is 12.1 Å². The van der Waals surface area contributed by atoms with Crippen LogP contribution in [0.4, 0.5) is 0 Å². The van der Waals surface area contributed by atoms with E-state index in [4.69, 9.17) is 28.9 Å². The number of nitrogens with zero attached hydrogens (tertiary/aromatic N) is 1. The summed E-state index contributed by atoms with van der Waals surface area (Å²) in [5.41, 5.74) is 7.87. The third-order valence-electron chi connectivity index (χ3n) is 2.76. The Balaban J connectivity index is 2.75. The fraction of sp³-hybridized carbons (Fsp3) is 0.333. The molecule has 16 heavy (non-hydrogen) atoms. The summed E-state index contributed by atoms with van der Waals surface area (Å²) in [5.74, 6) is 0. The number of fused-ring (bicyclic) bond motifs is 1. The molecule has 1 aromatic heterocycles. The van der Waals surface area contributed by atoms with Crippen LogP contribution in [0.15, 0.2) is 18.3 Å². The quantitative estimate of drug-likeness (QED) is 0.896. The normalized spacial score (nSPS) is 11.2. The second kappa shape index (κ2) is 4.66. The summed E-state index contributed by atoms with van der Waals surface area (Å²) in [6, 6.07) is 3.87. The molecule has 2 N–H and O–H groups in total. The smallest absolute Gasteiger partial charge is 0.0835 e. The minimum Gasteiger partial charge on any atom is -0.345 e. The Morgan fingerprint density at radius 3 is 2.69 bits per heavy atom. The molecule has 0 atom stereocenters. The van der Waals surface area contributed by atoms with Gasteiger partial charge in [-0.2, -0.15) is 0 Å². The van der Waals surface area contributed by atoms with Crippen molar-refractivity contribution < 1.29 is 0 Å². The number of nitrogens with two attached hydrogens (primary N) is 1.